The van der Waals surface area contributed by atoms with Crippen LogP contribution in [0.1, 0.15) is 37.7 Å². The minimum Gasteiger partial charge on any atom is -0.337 e. The summed E-state index contributed by atoms with van der Waals surface area (Å²) in [4.78, 5) is 4.57. The van der Waals surface area contributed by atoms with Crippen LogP contribution in [0.25, 0.3) is 23.2 Å². The molecule has 0 aliphatic carbocycles. The van der Waals surface area contributed by atoms with Gasteiger partial charge >= 0.3 is 0 Å². The van der Waals surface area contributed by atoms with E-state index in [4.69, 9.17) is 5.84 Å². The third-order valence-electron chi connectivity index (χ3n) is 3.88. The van der Waals surface area contributed by atoms with Crippen LogP contribution < -0.4 is 5.84 Å². The molecule has 2 aromatic carbocycles. The van der Waals surface area contributed by atoms with Gasteiger partial charge in [-0.3, -0.25) is 0 Å². The Balaban J connectivity index is 1.89. The first-order valence-electron chi connectivity index (χ1n) is 7.56. The van der Waals surface area contributed by atoms with Gasteiger partial charge in [0.1, 0.15) is 0 Å². The van der Waals surface area contributed by atoms with Gasteiger partial charge in [0.25, 0.3) is 0 Å². The zero-order valence-corrected chi connectivity index (χ0v) is 15.1. The number of fused-ring (bicyclic) bond motifs is 1. The van der Waals surface area contributed by atoms with E-state index in [1.165, 1.54) is 5.56 Å². The SMILES string of the molecule is CC(C)(C)c1ccc(/C=C/c2nc3cc(Br)ccc3n2N)cc1. The van der Waals surface area contributed by atoms with Gasteiger partial charge in [-0.05, 0) is 40.8 Å². The molecule has 23 heavy (non-hydrogen) atoms. The Morgan fingerprint density at radius 3 is 2.39 bits per heavy atom. The molecule has 118 valence electrons. The van der Waals surface area contributed by atoms with Gasteiger partial charge in [-0.25, -0.2) is 9.66 Å². The molecule has 1 heterocycles. The zero-order chi connectivity index (χ0) is 16.6. The van der Waals surface area contributed by atoms with Crippen molar-refractivity contribution in [2.45, 2.75) is 26.2 Å². The second-order valence-corrected chi connectivity index (χ2v) is 7.59. The van der Waals surface area contributed by atoms with Crippen LogP contribution >= 0.6 is 15.9 Å². The second-order valence-electron chi connectivity index (χ2n) is 6.68. The maximum absolute atomic E-state index is 6.12. The van der Waals surface area contributed by atoms with E-state index in [-0.39, 0.29) is 5.41 Å². The Morgan fingerprint density at radius 1 is 1.04 bits per heavy atom. The van der Waals surface area contributed by atoms with Crippen molar-refractivity contribution in [3.63, 3.8) is 0 Å². The molecular weight excluding hydrogens is 350 g/mol. The number of imidazole rings is 1. The lowest BCUT2D eigenvalue weighted by atomic mass is 9.87. The van der Waals surface area contributed by atoms with Crippen LogP contribution in [-0.2, 0) is 5.41 Å². The number of hydrogen-bond acceptors (Lipinski definition) is 2. The number of nitrogens with two attached hydrogens (primary N) is 1. The van der Waals surface area contributed by atoms with Gasteiger partial charge < -0.3 is 5.84 Å². The van der Waals surface area contributed by atoms with Crippen LogP contribution in [0, 0.1) is 0 Å². The molecule has 0 fully saturated rings. The van der Waals surface area contributed by atoms with E-state index >= 15 is 0 Å². The molecule has 0 aliphatic heterocycles. The topological polar surface area (TPSA) is 43.8 Å². The van der Waals surface area contributed by atoms with Crippen molar-refractivity contribution >= 4 is 39.1 Å². The number of benzene rings is 2. The molecule has 0 saturated carbocycles. The Morgan fingerprint density at radius 2 is 1.74 bits per heavy atom. The number of hydrogen-bond donors (Lipinski definition) is 1. The molecule has 0 spiro atoms. The molecule has 0 saturated heterocycles. The summed E-state index contributed by atoms with van der Waals surface area (Å²) in [5.74, 6) is 6.86. The fourth-order valence-corrected chi connectivity index (χ4v) is 2.82. The summed E-state index contributed by atoms with van der Waals surface area (Å²) in [5.41, 5.74) is 4.42. The standard InChI is InChI=1S/C19H20BrN3/c1-19(2,3)14-7-4-13(5-8-14)6-11-18-22-16-12-15(20)9-10-17(16)23(18)21/h4-12H,21H2,1-3H3/b11-6+. The highest BCUT2D eigenvalue weighted by molar-refractivity contribution is 9.10. The van der Waals surface area contributed by atoms with Gasteiger partial charge in [0.05, 0.1) is 11.0 Å². The first kappa shape index (κ1) is 15.8. The summed E-state index contributed by atoms with van der Waals surface area (Å²) < 4.78 is 2.61. The molecule has 3 nitrogen and oxygen atoms in total. The Hall–Kier alpha value is -2.07. The van der Waals surface area contributed by atoms with E-state index in [0.717, 1.165) is 26.9 Å². The zero-order valence-electron chi connectivity index (χ0n) is 13.5. The molecule has 0 bridgehead atoms. The van der Waals surface area contributed by atoms with Crippen molar-refractivity contribution in [1.82, 2.24) is 9.66 Å². The number of rotatable bonds is 2. The van der Waals surface area contributed by atoms with Crippen molar-refractivity contribution in [2.75, 3.05) is 5.84 Å². The lowest BCUT2D eigenvalue weighted by Gasteiger charge is -2.18. The van der Waals surface area contributed by atoms with Crippen molar-refractivity contribution in [3.05, 3.63) is 63.9 Å². The largest absolute Gasteiger partial charge is 0.337 e. The second kappa shape index (κ2) is 5.85. The van der Waals surface area contributed by atoms with Gasteiger partial charge in [0, 0.05) is 4.47 Å². The van der Waals surface area contributed by atoms with E-state index in [1.54, 1.807) is 4.68 Å². The fourth-order valence-electron chi connectivity index (χ4n) is 2.47. The summed E-state index contributed by atoms with van der Waals surface area (Å²) in [7, 11) is 0. The Kier molecular flexibility index (Phi) is 4.02. The quantitative estimate of drug-likeness (QED) is 0.647. The first-order valence-corrected chi connectivity index (χ1v) is 8.35. The normalized spacial score (nSPS) is 12.3. The number of nitrogen functional groups attached to an aromatic ring is 1. The van der Waals surface area contributed by atoms with Gasteiger partial charge in [-0.2, -0.15) is 0 Å². The average molecular weight is 370 g/mol. The first-order chi connectivity index (χ1) is 10.8. The van der Waals surface area contributed by atoms with Gasteiger partial charge in [-0.1, -0.05) is 67.0 Å². The van der Waals surface area contributed by atoms with E-state index < -0.39 is 0 Å². The third kappa shape index (κ3) is 3.32. The molecule has 2 N–H and O–H groups in total. The summed E-state index contributed by atoms with van der Waals surface area (Å²) in [6.07, 6.45) is 3.98. The lowest BCUT2D eigenvalue weighted by Crippen LogP contribution is -2.10. The Labute approximate surface area is 144 Å². The van der Waals surface area contributed by atoms with Crippen molar-refractivity contribution < 1.29 is 0 Å². The van der Waals surface area contributed by atoms with E-state index in [9.17, 15) is 0 Å². The predicted molar refractivity (Wildman–Crippen MR) is 102 cm³/mol. The molecule has 4 heteroatoms. The van der Waals surface area contributed by atoms with Gasteiger partial charge in [0.15, 0.2) is 5.82 Å². The van der Waals surface area contributed by atoms with Crippen LogP contribution in [0.3, 0.4) is 0 Å². The lowest BCUT2D eigenvalue weighted by molar-refractivity contribution is 0.590. The van der Waals surface area contributed by atoms with Crippen molar-refractivity contribution in [3.8, 4) is 0 Å². The molecule has 0 amide bonds. The summed E-state index contributed by atoms with van der Waals surface area (Å²) in [6.45, 7) is 6.65. The van der Waals surface area contributed by atoms with Crippen LogP contribution in [0.2, 0.25) is 0 Å². The smallest absolute Gasteiger partial charge is 0.152 e. The highest BCUT2D eigenvalue weighted by atomic mass is 79.9. The van der Waals surface area contributed by atoms with Crippen LogP contribution in [0.5, 0.6) is 0 Å². The maximum atomic E-state index is 6.12. The number of halogens is 1. The van der Waals surface area contributed by atoms with Crippen molar-refractivity contribution in [1.29, 1.82) is 0 Å². The van der Waals surface area contributed by atoms with Crippen LogP contribution in [0.4, 0.5) is 0 Å². The number of nitrogens with zero attached hydrogens (tertiary/aromatic N) is 2. The molecule has 0 unspecified atom stereocenters. The molecule has 3 aromatic rings. The van der Waals surface area contributed by atoms with Crippen LogP contribution in [0.15, 0.2) is 46.9 Å². The van der Waals surface area contributed by atoms with Gasteiger partial charge in [0.2, 0.25) is 0 Å². The third-order valence-corrected chi connectivity index (χ3v) is 4.37. The highest BCUT2D eigenvalue weighted by Crippen LogP contribution is 2.23. The molecule has 0 radical (unpaired) electrons. The van der Waals surface area contributed by atoms with Gasteiger partial charge in [-0.15, -0.1) is 0 Å². The van der Waals surface area contributed by atoms with Crippen LogP contribution in [-0.4, -0.2) is 9.66 Å². The summed E-state index contributed by atoms with van der Waals surface area (Å²) in [5, 5.41) is 0. The highest BCUT2D eigenvalue weighted by Gasteiger charge is 2.12. The molecule has 0 atom stereocenters. The molecule has 1 aromatic heterocycles. The maximum Gasteiger partial charge on any atom is 0.152 e. The fraction of sp³-hybridized carbons (Fsp3) is 0.211. The average Bonchev–Trinajstić information content (AvgIpc) is 2.80. The molecular formula is C19H20BrN3. The van der Waals surface area contributed by atoms with E-state index in [0.29, 0.717) is 0 Å². The number of aromatic nitrogens is 2. The Bertz CT molecular complexity index is 868. The minimum atomic E-state index is 0.168. The minimum absolute atomic E-state index is 0.168. The van der Waals surface area contributed by atoms with E-state index in [2.05, 4.69) is 66.0 Å². The summed E-state index contributed by atoms with van der Waals surface area (Å²) in [6, 6.07) is 14.5. The predicted octanol–water partition coefficient (Wildman–Crippen LogP) is 4.98. The summed E-state index contributed by atoms with van der Waals surface area (Å²) >= 11 is 3.46. The van der Waals surface area contributed by atoms with Crippen molar-refractivity contribution in [2.24, 2.45) is 0 Å². The monoisotopic (exact) mass is 369 g/mol. The van der Waals surface area contributed by atoms with E-state index in [1.807, 2.05) is 30.4 Å². The molecule has 0 aliphatic rings. The molecule has 3 rings (SSSR count).